The van der Waals surface area contributed by atoms with Gasteiger partial charge in [0, 0.05) is 23.1 Å². The highest BCUT2D eigenvalue weighted by Gasteiger charge is 2.46. The fourth-order valence-corrected chi connectivity index (χ4v) is 5.16. The monoisotopic (exact) mass is 488 g/mol. The number of hydrogen-bond donors (Lipinski definition) is 2. The lowest BCUT2D eigenvalue weighted by molar-refractivity contribution is -0.133. The van der Waals surface area contributed by atoms with Crippen molar-refractivity contribution in [3.05, 3.63) is 84.4 Å². The number of likely N-dealkylation sites (N-methyl/N-ethyl adjacent to an activating group) is 2. The SMILES string of the molecule is CNC(C)C(=O)N[C@H]1CCc2ccccc2[N@@+](C)(c2cccc3cc4ccccc4cc23)C1=O.Cl. The second-order valence-corrected chi connectivity index (χ2v) is 9.28. The lowest BCUT2D eigenvalue weighted by atomic mass is 10.00. The summed E-state index contributed by atoms with van der Waals surface area (Å²) in [5.41, 5.74) is 3.02. The molecule has 1 unspecified atom stereocenters. The first-order chi connectivity index (χ1) is 16.4. The van der Waals surface area contributed by atoms with Gasteiger partial charge in [-0.1, -0.05) is 54.6 Å². The number of aryl methyl sites for hydroxylation is 1. The van der Waals surface area contributed by atoms with Crippen molar-refractivity contribution < 1.29 is 9.59 Å². The molecule has 180 valence electrons. The van der Waals surface area contributed by atoms with Gasteiger partial charge in [0.2, 0.25) is 5.91 Å². The molecule has 5 rings (SSSR count). The molecule has 0 radical (unpaired) electrons. The summed E-state index contributed by atoms with van der Waals surface area (Å²) in [7, 11) is 3.72. The van der Waals surface area contributed by atoms with E-state index in [1.807, 2.05) is 49.5 Å². The van der Waals surface area contributed by atoms with Gasteiger partial charge in [-0.15, -0.1) is 12.4 Å². The molecule has 6 heteroatoms. The number of benzene rings is 4. The first-order valence-electron chi connectivity index (χ1n) is 11.8. The van der Waals surface area contributed by atoms with Crippen LogP contribution in [-0.4, -0.2) is 38.0 Å². The maximum absolute atomic E-state index is 14.3. The molecule has 1 aliphatic heterocycles. The Labute approximate surface area is 212 Å². The molecule has 0 bridgehead atoms. The molecular formula is C29H31ClN3O2+. The molecule has 3 atom stereocenters. The highest BCUT2D eigenvalue weighted by molar-refractivity contribution is 6.10. The van der Waals surface area contributed by atoms with Crippen molar-refractivity contribution in [2.45, 2.75) is 31.8 Å². The fourth-order valence-electron chi connectivity index (χ4n) is 5.16. The molecule has 1 aliphatic rings. The van der Waals surface area contributed by atoms with Crippen LogP contribution >= 0.6 is 12.4 Å². The molecule has 0 aliphatic carbocycles. The van der Waals surface area contributed by atoms with Crippen LogP contribution in [0.3, 0.4) is 0 Å². The summed E-state index contributed by atoms with van der Waals surface area (Å²) in [4.78, 5) is 27.1. The van der Waals surface area contributed by atoms with Crippen LogP contribution in [0.25, 0.3) is 21.5 Å². The van der Waals surface area contributed by atoms with E-state index in [0.717, 1.165) is 39.5 Å². The average Bonchev–Trinajstić information content (AvgIpc) is 2.97. The Kier molecular flexibility index (Phi) is 6.95. The van der Waals surface area contributed by atoms with Crippen molar-refractivity contribution in [3.63, 3.8) is 0 Å². The fraction of sp³-hybridized carbons (Fsp3) is 0.241. The number of fused-ring (bicyclic) bond motifs is 3. The van der Waals surface area contributed by atoms with Gasteiger partial charge in [0.25, 0.3) is 0 Å². The van der Waals surface area contributed by atoms with E-state index in [1.165, 1.54) is 5.39 Å². The van der Waals surface area contributed by atoms with E-state index in [4.69, 9.17) is 0 Å². The summed E-state index contributed by atoms with van der Waals surface area (Å²) >= 11 is 0. The minimum atomic E-state index is -0.587. The van der Waals surface area contributed by atoms with E-state index in [9.17, 15) is 9.59 Å². The molecule has 0 fully saturated rings. The summed E-state index contributed by atoms with van der Waals surface area (Å²) in [6.45, 7) is 1.80. The van der Waals surface area contributed by atoms with Crippen LogP contribution in [0.1, 0.15) is 18.9 Å². The number of carbonyl (C=O) groups is 2. The topological polar surface area (TPSA) is 58.2 Å². The predicted molar refractivity (Wildman–Crippen MR) is 146 cm³/mol. The lowest BCUT2D eigenvalue weighted by Crippen LogP contribution is -2.57. The molecule has 2 N–H and O–H groups in total. The van der Waals surface area contributed by atoms with Gasteiger partial charge in [-0.25, -0.2) is 4.79 Å². The standard InChI is InChI=1S/C29H29N3O2.ClH/c1-19(30-2)28(33)31-25-16-15-20-9-6-7-13-26(20)32(3,29(25)34)27-14-8-12-23-17-21-10-4-5-11-22(21)18-24(23)27;/h4-14,17-19,25,30H,15-16H2,1-3H3;1H/p+1/t19?,25-,32-;/m0./s1. The van der Waals surface area contributed by atoms with Gasteiger partial charge in [0.1, 0.15) is 11.7 Å². The third-order valence-corrected chi connectivity index (χ3v) is 7.26. The largest absolute Gasteiger partial charge is 0.346 e. The molecular weight excluding hydrogens is 458 g/mol. The van der Waals surface area contributed by atoms with Crippen LogP contribution in [0.2, 0.25) is 0 Å². The van der Waals surface area contributed by atoms with Crippen LogP contribution in [-0.2, 0) is 16.0 Å². The number of para-hydroxylation sites is 1. The zero-order valence-corrected chi connectivity index (χ0v) is 21.1. The number of nitrogens with one attached hydrogen (secondary N) is 2. The van der Waals surface area contributed by atoms with Gasteiger partial charge in [-0.05, 0) is 55.1 Å². The molecule has 35 heavy (non-hydrogen) atoms. The summed E-state index contributed by atoms with van der Waals surface area (Å²) in [6.07, 6.45) is 1.29. The van der Waals surface area contributed by atoms with Crippen molar-refractivity contribution in [3.8, 4) is 0 Å². The number of amides is 2. The smallest absolute Gasteiger partial charge is 0.339 e. The third kappa shape index (κ3) is 4.20. The minimum absolute atomic E-state index is 0. The van der Waals surface area contributed by atoms with E-state index in [2.05, 4.69) is 47.0 Å². The normalized spacial score (nSPS) is 20.5. The zero-order chi connectivity index (χ0) is 23.9. The van der Waals surface area contributed by atoms with E-state index >= 15 is 0 Å². The van der Waals surface area contributed by atoms with Crippen molar-refractivity contribution >= 4 is 57.1 Å². The maximum atomic E-state index is 14.3. The Morgan fingerprint density at radius 2 is 1.54 bits per heavy atom. The van der Waals surface area contributed by atoms with E-state index in [1.54, 1.807) is 14.0 Å². The average molecular weight is 489 g/mol. The Balaban J connectivity index is 0.00000289. The lowest BCUT2D eigenvalue weighted by Gasteiger charge is -2.34. The quantitative estimate of drug-likeness (QED) is 0.305. The van der Waals surface area contributed by atoms with Gasteiger partial charge in [0.05, 0.1) is 13.1 Å². The Hall–Kier alpha value is -3.25. The Bertz CT molecular complexity index is 1420. The molecule has 0 spiro atoms. The summed E-state index contributed by atoms with van der Waals surface area (Å²) in [5.74, 6) is -0.190. The van der Waals surface area contributed by atoms with Crippen LogP contribution in [0.4, 0.5) is 11.4 Å². The minimum Gasteiger partial charge on any atom is -0.339 e. The maximum Gasteiger partial charge on any atom is 0.346 e. The number of hydrogen-bond acceptors (Lipinski definition) is 3. The Morgan fingerprint density at radius 1 is 0.914 bits per heavy atom. The van der Waals surface area contributed by atoms with E-state index in [-0.39, 0.29) is 34.7 Å². The van der Waals surface area contributed by atoms with Crippen LogP contribution in [0.5, 0.6) is 0 Å². The summed E-state index contributed by atoms with van der Waals surface area (Å²) in [6, 6.07) is 26.0. The molecule has 0 aromatic heterocycles. The highest BCUT2D eigenvalue weighted by atomic mass is 35.5. The number of halogens is 1. The first-order valence-corrected chi connectivity index (χ1v) is 11.8. The molecule has 4 aromatic rings. The van der Waals surface area contributed by atoms with E-state index in [0.29, 0.717) is 6.42 Å². The van der Waals surface area contributed by atoms with Crippen molar-refractivity contribution in [2.24, 2.45) is 0 Å². The molecule has 0 saturated carbocycles. The van der Waals surface area contributed by atoms with E-state index < -0.39 is 6.04 Å². The van der Waals surface area contributed by atoms with Gasteiger partial charge in [0.15, 0.2) is 5.69 Å². The third-order valence-electron chi connectivity index (χ3n) is 7.26. The number of quaternary nitrogens is 1. The number of rotatable bonds is 4. The van der Waals surface area contributed by atoms with Gasteiger partial charge in [-0.3, -0.25) is 4.79 Å². The van der Waals surface area contributed by atoms with Crippen LogP contribution in [0.15, 0.2) is 78.9 Å². The molecule has 4 aromatic carbocycles. The van der Waals surface area contributed by atoms with Gasteiger partial charge in [-0.2, -0.15) is 4.48 Å². The van der Waals surface area contributed by atoms with Crippen molar-refractivity contribution in [2.75, 3.05) is 14.1 Å². The van der Waals surface area contributed by atoms with Crippen molar-refractivity contribution in [1.82, 2.24) is 15.1 Å². The first kappa shape index (κ1) is 24.9. The summed E-state index contributed by atoms with van der Waals surface area (Å²) in [5, 5.41) is 10.4. The van der Waals surface area contributed by atoms with Crippen LogP contribution < -0.4 is 15.1 Å². The molecule has 1 heterocycles. The predicted octanol–water partition coefficient (Wildman–Crippen LogP) is 5.25. The molecule has 0 saturated heterocycles. The summed E-state index contributed by atoms with van der Waals surface area (Å²) < 4.78 is 0.00470. The second-order valence-electron chi connectivity index (χ2n) is 9.28. The van der Waals surface area contributed by atoms with Crippen LogP contribution in [0, 0.1) is 0 Å². The van der Waals surface area contributed by atoms with Gasteiger partial charge < -0.3 is 10.6 Å². The number of nitrogens with zero attached hydrogens (tertiary/aromatic N) is 1. The highest BCUT2D eigenvalue weighted by Crippen LogP contribution is 2.43. The van der Waals surface area contributed by atoms with Gasteiger partial charge >= 0.3 is 5.91 Å². The van der Waals surface area contributed by atoms with Crippen molar-refractivity contribution in [1.29, 1.82) is 0 Å². The molecule has 5 nitrogen and oxygen atoms in total. The second kappa shape index (κ2) is 9.78. The molecule has 2 amide bonds. The Morgan fingerprint density at radius 3 is 2.29 bits per heavy atom. The number of carbonyl (C=O) groups excluding carboxylic acids is 2. The zero-order valence-electron chi connectivity index (χ0n) is 20.2.